The molecule has 2 atom stereocenters. The largest absolute Gasteiger partial charge is 0.383 e. The number of hydrogen-bond acceptors (Lipinski definition) is 4. The summed E-state index contributed by atoms with van der Waals surface area (Å²) >= 11 is 6.33. The van der Waals surface area contributed by atoms with Gasteiger partial charge in [-0.1, -0.05) is 35.9 Å². The highest BCUT2D eigenvalue weighted by atomic mass is 35.5. The van der Waals surface area contributed by atoms with Gasteiger partial charge < -0.3 is 4.74 Å². The van der Waals surface area contributed by atoms with Crippen LogP contribution in [-0.2, 0) is 17.7 Å². The van der Waals surface area contributed by atoms with Crippen molar-refractivity contribution in [3.63, 3.8) is 0 Å². The van der Waals surface area contributed by atoms with Gasteiger partial charge in [-0.2, -0.15) is 5.10 Å². The van der Waals surface area contributed by atoms with Crippen LogP contribution in [0.1, 0.15) is 28.8 Å². The molecule has 0 aliphatic heterocycles. The summed E-state index contributed by atoms with van der Waals surface area (Å²) in [4.78, 5) is 0. The summed E-state index contributed by atoms with van der Waals surface area (Å²) in [6, 6.07) is 8.38. The molecule has 0 spiro atoms. The first-order valence-electron chi connectivity index (χ1n) is 7.00. The Bertz CT molecular complexity index is 628. The molecule has 2 unspecified atom stereocenters. The van der Waals surface area contributed by atoms with Crippen molar-refractivity contribution >= 4 is 11.6 Å². The average molecular weight is 307 g/mol. The Kier molecular flexibility index (Phi) is 4.26. The lowest BCUT2D eigenvalue weighted by Crippen LogP contribution is -2.38. The molecule has 21 heavy (non-hydrogen) atoms. The molecule has 0 amide bonds. The van der Waals surface area contributed by atoms with Crippen molar-refractivity contribution in [3.05, 3.63) is 52.3 Å². The Morgan fingerprint density at radius 2 is 2.33 bits per heavy atom. The molecule has 2 aromatic rings. The molecule has 1 aromatic carbocycles. The van der Waals surface area contributed by atoms with Gasteiger partial charge in [-0.05, 0) is 17.5 Å². The summed E-state index contributed by atoms with van der Waals surface area (Å²) in [6.07, 6.45) is 2.66. The van der Waals surface area contributed by atoms with Crippen molar-refractivity contribution < 1.29 is 4.74 Å². The van der Waals surface area contributed by atoms with E-state index in [1.807, 2.05) is 4.68 Å². The summed E-state index contributed by atoms with van der Waals surface area (Å²) in [6.45, 7) is 1.24. The number of ether oxygens (including phenoxy) is 1. The van der Waals surface area contributed by atoms with E-state index in [9.17, 15) is 0 Å². The Morgan fingerprint density at radius 3 is 3.05 bits per heavy atom. The van der Waals surface area contributed by atoms with Crippen LogP contribution in [0.25, 0.3) is 0 Å². The van der Waals surface area contributed by atoms with Crippen molar-refractivity contribution in [3.8, 4) is 0 Å². The van der Waals surface area contributed by atoms with Crippen LogP contribution in [0.3, 0.4) is 0 Å². The average Bonchev–Trinajstić information content (AvgIpc) is 2.84. The van der Waals surface area contributed by atoms with E-state index >= 15 is 0 Å². The Labute approximate surface area is 129 Å². The molecule has 3 N–H and O–H groups in total. The highest BCUT2D eigenvalue weighted by Gasteiger charge is 2.36. The Morgan fingerprint density at radius 1 is 1.52 bits per heavy atom. The molecule has 1 aliphatic carbocycles. The molecule has 0 bridgehead atoms. The third-order valence-corrected chi connectivity index (χ3v) is 4.40. The fourth-order valence-corrected chi connectivity index (χ4v) is 3.28. The number of nitrogens with one attached hydrogen (secondary N) is 1. The fourth-order valence-electron chi connectivity index (χ4n) is 3.02. The van der Waals surface area contributed by atoms with Crippen LogP contribution in [0.2, 0.25) is 5.02 Å². The number of hydrogen-bond donors (Lipinski definition) is 2. The van der Waals surface area contributed by atoms with Crippen LogP contribution < -0.4 is 11.3 Å². The fraction of sp³-hybridized carbons (Fsp3) is 0.400. The minimum Gasteiger partial charge on any atom is -0.383 e. The summed E-state index contributed by atoms with van der Waals surface area (Å²) in [7, 11) is 1.67. The van der Waals surface area contributed by atoms with Gasteiger partial charge in [0.25, 0.3) is 0 Å². The van der Waals surface area contributed by atoms with Crippen molar-refractivity contribution in [2.24, 2.45) is 5.84 Å². The molecule has 0 radical (unpaired) electrons. The summed E-state index contributed by atoms with van der Waals surface area (Å²) in [5.41, 5.74) is 6.55. The number of rotatable bonds is 6. The SMILES string of the molecule is COCCn1ncc(Cl)c1C(NN)C1Cc2ccccc21. The lowest BCUT2D eigenvalue weighted by Gasteiger charge is -2.36. The predicted octanol–water partition coefficient (Wildman–Crippen LogP) is 2.03. The van der Waals surface area contributed by atoms with Gasteiger partial charge in [-0.25, -0.2) is 0 Å². The van der Waals surface area contributed by atoms with Crippen LogP contribution in [0.15, 0.2) is 30.5 Å². The third kappa shape index (κ3) is 2.58. The van der Waals surface area contributed by atoms with Crippen LogP contribution in [0.5, 0.6) is 0 Å². The lowest BCUT2D eigenvalue weighted by atomic mass is 9.73. The first-order valence-corrected chi connectivity index (χ1v) is 7.38. The second-order valence-electron chi connectivity index (χ2n) is 5.25. The molecule has 5 nitrogen and oxygen atoms in total. The van der Waals surface area contributed by atoms with Crippen LogP contribution >= 0.6 is 11.6 Å². The van der Waals surface area contributed by atoms with Gasteiger partial charge in [0.15, 0.2) is 0 Å². The summed E-state index contributed by atoms with van der Waals surface area (Å²) in [5.74, 6) is 6.14. The second-order valence-corrected chi connectivity index (χ2v) is 5.65. The highest BCUT2D eigenvalue weighted by Crippen LogP contribution is 2.44. The predicted molar refractivity (Wildman–Crippen MR) is 82.1 cm³/mol. The first-order chi connectivity index (χ1) is 10.3. The highest BCUT2D eigenvalue weighted by molar-refractivity contribution is 6.31. The van der Waals surface area contributed by atoms with Gasteiger partial charge in [0.2, 0.25) is 0 Å². The number of halogens is 1. The van der Waals surface area contributed by atoms with Crippen molar-refractivity contribution in [1.82, 2.24) is 15.2 Å². The number of hydrazine groups is 1. The van der Waals surface area contributed by atoms with Crippen LogP contribution in [0, 0.1) is 0 Å². The number of aromatic nitrogens is 2. The zero-order chi connectivity index (χ0) is 14.8. The summed E-state index contributed by atoms with van der Waals surface area (Å²) < 4.78 is 7.00. The smallest absolute Gasteiger partial charge is 0.0834 e. The molecule has 0 saturated carbocycles. The van der Waals surface area contributed by atoms with Gasteiger partial charge in [0.05, 0.1) is 36.1 Å². The van der Waals surface area contributed by atoms with Crippen molar-refractivity contribution in [2.45, 2.75) is 24.9 Å². The molecular formula is C15H19ClN4O. The molecule has 0 saturated heterocycles. The van der Waals surface area contributed by atoms with Crippen LogP contribution in [-0.4, -0.2) is 23.5 Å². The quantitative estimate of drug-likeness (QED) is 0.633. The monoisotopic (exact) mass is 306 g/mol. The van der Waals surface area contributed by atoms with Gasteiger partial charge >= 0.3 is 0 Å². The molecule has 1 aromatic heterocycles. The minimum absolute atomic E-state index is 0.0493. The minimum atomic E-state index is -0.0493. The standard InChI is InChI=1S/C15H19ClN4O/c1-21-7-6-20-15(13(16)9-18-20)14(19-17)12-8-10-4-2-3-5-11(10)12/h2-5,9,12,14,19H,6-8,17H2,1H3. The molecular weight excluding hydrogens is 288 g/mol. The van der Waals surface area contributed by atoms with E-state index in [1.54, 1.807) is 13.3 Å². The zero-order valence-corrected chi connectivity index (χ0v) is 12.7. The summed E-state index contributed by atoms with van der Waals surface area (Å²) in [5, 5.41) is 4.97. The third-order valence-electron chi connectivity index (χ3n) is 4.11. The van der Waals surface area contributed by atoms with Crippen molar-refractivity contribution in [1.29, 1.82) is 0 Å². The molecule has 112 valence electrons. The van der Waals surface area contributed by atoms with E-state index in [0.29, 0.717) is 24.1 Å². The molecule has 1 aliphatic rings. The van der Waals surface area contributed by atoms with E-state index in [1.165, 1.54) is 11.1 Å². The number of fused-ring (bicyclic) bond motifs is 1. The lowest BCUT2D eigenvalue weighted by molar-refractivity contribution is 0.181. The zero-order valence-electron chi connectivity index (χ0n) is 11.9. The van der Waals surface area contributed by atoms with Gasteiger partial charge in [0, 0.05) is 13.0 Å². The topological polar surface area (TPSA) is 65.1 Å². The Balaban J connectivity index is 1.90. The van der Waals surface area contributed by atoms with E-state index in [0.717, 1.165) is 12.1 Å². The van der Waals surface area contributed by atoms with Gasteiger partial charge in [0.1, 0.15) is 0 Å². The van der Waals surface area contributed by atoms with E-state index in [2.05, 4.69) is 34.8 Å². The maximum atomic E-state index is 6.33. The number of benzene rings is 1. The van der Waals surface area contributed by atoms with Gasteiger partial charge in [-0.3, -0.25) is 16.0 Å². The normalized spacial score (nSPS) is 18.1. The van der Waals surface area contributed by atoms with Crippen molar-refractivity contribution in [2.75, 3.05) is 13.7 Å². The number of methoxy groups -OCH3 is 1. The van der Waals surface area contributed by atoms with E-state index in [4.69, 9.17) is 22.2 Å². The molecule has 1 heterocycles. The molecule has 3 rings (SSSR count). The number of nitrogens with zero attached hydrogens (tertiary/aromatic N) is 2. The van der Waals surface area contributed by atoms with E-state index in [-0.39, 0.29) is 6.04 Å². The number of nitrogens with two attached hydrogens (primary N) is 1. The van der Waals surface area contributed by atoms with Gasteiger partial charge in [-0.15, -0.1) is 0 Å². The Hall–Kier alpha value is -1.40. The van der Waals surface area contributed by atoms with Crippen LogP contribution in [0.4, 0.5) is 0 Å². The molecule has 6 heteroatoms. The second kappa shape index (κ2) is 6.15. The first kappa shape index (κ1) is 14.5. The maximum absolute atomic E-state index is 6.33. The maximum Gasteiger partial charge on any atom is 0.0834 e. The molecule has 0 fully saturated rings. The van der Waals surface area contributed by atoms with E-state index < -0.39 is 0 Å².